The lowest BCUT2D eigenvalue weighted by molar-refractivity contribution is -0.177. The first kappa shape index (κ1) is 17.3. The molecule has 0 aromatic carbocycles. The van der Waals surface area contributed by atoms with Gasteiger partial charge < -0.3 is 5.32 Å². The molecule has 2 atom stereocenters. The summed E-state index contributed by atoms with van der Waals surface area (Å²) in [7, 11) is 0. The van der Waals surface area contributed by atoms with E-state index in [9.17, 15) is 4.79 Å². The third-order valence-electron chi connectivity index (χ3n) is 10.1. The summed E-state index contributed by atoms with van der Waals surface area (Å²) in [5.41, 5.74) is 1.85. The first-order valence-corrected chi connectivity index (χ1v) is 11.8. The van der Waals surface area contributed by atoms with Crippen LogP contribution in [0.2, 0.25) is 0 Å². The number of carbonyl (C=O) groups excluding carboxylic acids is 1. The number of carbonyl (C=O) groups is 1. The summed E-state index contributed by atoms with van der Waals surface area (Å²) < 4.78 is 0. The van der Waals surface area contributed by atoms with E-state index in [0.29, 0.717) is 27.6 Å². The third-order valence-corrected chi connectivity index (χ3v) is 10.1. The molecule has 8 fully saturated rings. The van der Waals surface area contributed by atoms with Gasteiger partial charge in [0.05, 0.1) is 5.41 Å². The van der Waals surface area contributed by atoms with Crippen LogP contribution in [0.1, 0.15) is 105 Å². The second-order valence-electron chi connectivity index (χ2n) is 14.3. The van der Waals surface area contributed by atoms with Gasteiger partial charge >= 0.3 is 0 Å². The largest absolute Gasteiger partial charge is 0.350 e. The average Bonchev–Trinajstić information content (AvgIpc) is 2.38. The summed E-state index contributed by atoms with van der Waals surface area (Å²) in [4.78, 5) is 13.9. The SMILES string of the molecule is CC12CC3(C)CC(C)(C1)CC(NC(=O)C14CC5CC(CC(C)(C5)C1)C4)(C2)C3. The zero-order chi connectivity index (χ0) is 18.9. The van der Waals surface area contributed by atoms with Gasteiger partial charge in [0.2, 0.25) is 5.91 Å². The quantitative estimate of drug-likeness (QED) is 0.650. The van der Waals surface area contributed by atoms with E-state index in [2.05, 4.69) is 33.0 Å². The smallest absolute Gasteiger partial charge is 0.226 e. The zero-order valence-corrected chi connectivity index (χ0v) is 18.0. The van der Waals surface area contributed by atoms with E-state index >= 15 is 0 Å². The number of amides is 1. The van der Waals surface area contributed by atoms with E-state index in [-0.39, 0.29) is 11.0 Å². The molecular formula is C25H39NO. The number of hydrogen-bond acceptors (Lipinski definition) is 1. The fourth-order valence-corrected chi connectivity index (χ4v) is 11.8. The molecule has 0 saturated heterocycles. The Labute approximate surface area is 165 Å². The second-order valence-corrected chi connectivity index (χ2v) is 14.3. The Morgan fingerprint density at radius 1 is 0.667 bits per heavy atom. The van der Waals surface area contributed by atoms with Crippen LogP contribution < -0.4 is 5.32 Å². The first-order valence-electron chi connectivity index (χ1n) is 11.8. The molecule has 0 spiro atoms. The van der Waals surface area contributed by atoms with Crippen molar-refractivity contribution in [2.75, 3.05) is 0 Å². The van der Waals surface area contributed by atoms with Crippen molar-refractivity contribution < 1.29 is 4.79 Å². The average molecular weight is 370 g/mol. The van der Waals surface area contributed by atoms with Gasteiger partial charge in [-0.3, -0.25) is 4.79 Å². The molecule has 0 heterocycles. The molecule has 27 heavy (non-hydrogen) atoms. The van der Waals surface area contributed by atoms with Crippen molar-refractivity contribution in [2.45, 2.75) is 110 Å². The van der Waals surface area contributed by atoms with Crippen molar-refractivity contribution in [3.63, 3.8) is 0 Å². The first-order chi connectivity index (χ1) is 12.4. The highest BCUT2D eigenvalue weighted by Crippen LogP contribution is 2.71. The molecule has 8 bridgehead atoms. The molecule has 8 rings (SSSR count). The summed E-state index contributed by atoms with van der Waals surface area (Å²) in [5, 5.41) is 3.84. The molecule has 8 aliphatic carbocycles. The van der Waals surface area contributed by atoms with Gasteiger partial charge in [0.15, 0.2) is 0 Å². The standard InChI is InChI=1S/C25H39NO/c1-20-6-17-5-18(7-20)9-24(8-17,13-20)19(27)26-25-14-21(2)10-22(3,15-25)12-23(4,11-21)16-25/h17-18H,5-16H2,1-4H3,(H,26,27). The van der Waals surface area contributed by atoms with Crippen molar-refractivity contribution in [1.82, 2.24) is 5.32 Å². The minimum absolute atomic E-state index is 0.0229. The number of nitrogens with one attached hydrogen (secondary N) is 1. The Hall–Kier alpha value is -0.530. The number of hydrogen-bond donors (Lipinski definition) is 1. The lowest BCUT2D eigenvalue weighted by atomic mass is 9.38. The minimum atomic E-state index is -0.0229. The van der Waals surface area contributed by atoms with Crippen LogP contribution in [0.3, 0.4) is 0 Å². The van der Waals surface area contributed by atoms with Gasteiger partial charge in [0.1, 0.15) is 0 Å². The van der Waals surface area contributed by atoms with E-state index < -0.39 is 0 Å². The van der Waals surface area contributed by atoms with Gasteiger partial charge in [-0.05, 0) is 111 Å². The molecule has 0 radical (unpaired) electrons. The van der Waals surface area contributed by atoms with Crippen LogP contribution in [0.25, 0.3) is 0 Å². The van der Waals surface area contributed by atoms with Crippen LogP contribution in [0.15, 0.2) is 0 Å². The molecule has 2 unspecified atom stereocenters. The van der Waals surface area contributed by atoms with Gasteiger partial charge in [-0.2, -0.15) is 0 Å². The Kier molecular flexibility index (Phi) is 2.97. The normalized spacial score (nSPS) is 62.8. The predicted molar refractivity (Wildman–Crippen MR) is 108 cm³/mol. The molecule has 150 valence electrons. The topological polar surface area (TPSA) is 29.1 Å². The molecule has 1 amide bonds. The van der Waals surface area contributed by atoms with Gasteiger partial charge in [-0.25, -0.2) is 0 Å². The van der Waals surface area contributed by atoms with Crippen LogP contribution in [0.5, 0.6) is 0 Å². The van der Waals surface area contributed by atoms with E-state index in [4.69, 9.17) is 0 Å². The Balaban J connectivity index is 1.31. The van der Waals surface area contributed by atoms with Crippen molar-refractivity contribution >= 4 is 5.91 Å². The van der Waals surface area contributed by atoms with Crippen LogP contribution >= 0.6 is 0 Å². The molecule has 8 aliphatic rings. The van der Waals surface area contributed by atoms with Gasteiger partial charge in [0.25, 0.3) is 0 Å². The minimum Gasteiger partial charge on any atom is -0.350 e. The molecule has 0 aliphatic heterocycles. The van der Waals surface area contributed by atoms with E-state index in [1.54, 1.807) is 0 Å². The summed E-state index contributed by atoms with van der Waals surface area (Å²) in [6, 6.07) is 0. The highest BCUT2D eigenvalue weighted by atomic mass is 16.2. The molecule has 2 nitrogen and oxygen atoms in total. The van der Waals surface area contributed by atoms with Crippen LogP contribution in [0.4, 0.5) is 0 Å². The summed E-state index contributed by atoms with van der Waals surface area (Å²) in [5.74, 6) is 2.12. The van der Waals surface area contributed by atoms with Crippen molar-refractivity contribution in [3.8, 4) is 0 Å². The van der Waals surface area contributed by atoms with Gasteiger partial charge in [0, 0.05) is 5.54 Å². The van der Waals surface area contributed by atoms with Gasteiger partial charge in [-0.15, -0.1) is 0 Å². The summed E-state index contributed by atoms with van der Waals surface area (Å²) >= 11 is 0. The highest BCUT2D eigenvalue weighted by molar-refractivity contribution is 5.84. The third kappa shape index (κ3) is 2.40. The van der Waals surface area contributed by atoms with Crippen LogP contribution in [-0.4, -0.2) is 11.4 Å². The maximum atomic E-state index is 13.9. The molecule has 2 heteroatoms. The van der Waals surface area contributed by atoms with Gasteiger partial charge in [-0.1, -0.05) is 27.7 Å². The van der Waals surface area contributed by atoms with Crippen molar-refractivity contribution in [2.24, 2.45) is 38.9 Å². The second kappa shape index (κ2) is 4.62. The van der Waals surface area contributed by atoms with Crippen molar-refractivity contribution in [1.29, 1.82) is 0 Å². The Bertz CT molecular complexity index is 654. The molecule has 0 aromatic heterocycles. The lowest BCUT2D eigenvalue weighted by Crippen LogP contribution is -2.69. The molecule has 0 aromatic rings. The monoisotopic (exact) mass is 369 g/mol. The number of rotatable bonds is 2. The molecule has 8 saturated carbocycles. The van der Waals surface area contributed by atoms with Crippen LogP contribution in [0, 0.1) is 38.9 Å². The highest BCUT2D eigenvalue weighted by Gasteiger charge is 2.66. The maximum Gasteiger partial charge on any atom is 0.226 e. The zero-order valence-electron chi connectivity index (χ0n) is 18.0. The van der Waals surface area contributed by atoms with E-state index in [1.165, 1.54) is 77.0 Å². The van der Waals surface area contributed by atoms with Crippen LogP contribution in [-0.2, 0) is 4.79 Å². The van der Waals surface area contributed by atoms with Crippen molar-refractivity contribution in [3.05, 3.63) is 0 Å². The van der Waals surface area contributed by atoms with E-state index in [0.717, 1.165) is 11.8 Å². The predicted octanol–water partition coefficient (Wildman–Crippen LogP) is 5.85. The van der Waals surface area contributed by atoms with E-state index in [1.807, 2.05) is 0 Å². The summed E-state index contributed by atoms with van der Waals surface area (Å²) in [6.45, 7) is 10.1. The lowest BCUT2D eigenvalue weighted by Gasteiger charge is -2.69. The molecule has 1 N–H and O–H groups in total. The molecular weight excluding hydrogens is 330 g/mol. The fraction of sp³-hybridized carbons (Fsp3) is 0.960. The summed E-state index contributed by atoms with van der Waals surface area (Å²) in [6.07, 6.45) is 15.5. The Morgan fingerprint density at radius 3 is 1.59 bits per heavy atom. The maximum absolute atomic E-state index is 13.9. The fourth-order valence-electron chi connectivity index (χ4n) is 11.8. The Morgan fingerprint density at radius 2 is 1.15 bits per heavy atom.